The molecule has 1 heterocycles. The standard InChI is InChI=1S/C19H15FN4O5/c20-15-7-2-1-6-14(15)16-11-21-18(29-16)9-8-17(25)22-23-19(26)12-4-3-5-13(10-12)24(27)28/h1-7,10-11H,8-9H2,(H,22,25)(H,23,26). The lowest BCUT2D eigenvalue weighted by molar-refractivity contribution is -0.384. The third kappa shape index (κ3) is 5.01. The highest BCUT2D eigenvalue weighted by Crippen LogP contribution is 2.23. The van der Waals surface area contributed by atoms with Crippen molar-refractivity contribution in [3.63, 3.8) is 0 Å². The van der Waals surface area contributed by atoms with Crippen LogP contribution < -0.4 is 10.9 Å². The van der Waals surface area contributed by atoms with Crippen LogP contribution in [0.4, 0.5) is 10.1 Å². The number of amides is 2. The van der Waals surface area contributed by atoms with E-state index in [0.717, 1.165) is 6.07 Å². The van der Waals surface area contributed by atoms with Gasteiger partial charge in [0.05, 0.1) is 16.7 Å². The van der Waals surface area contributed by atoms with Gasteiger partial charge in [0.1, 0.15) is 5.82 Å². The van der Waals surface area contributed by atoms with Crippen LogP contribution in [0, 0.1) is 15.9 Å². The molecule has 29 heavy (non-hydrogen) atoms. The van der Waals surface area contributed by atoms with Gasteiger partial charge in [0.15, 0.2) is 11.7 Å². The molecule has 0 aliphatic rings. The van der Waals surface area contributed by atoms with Gasteiger partial charge < -0.3 is 4.42 Å². The first-order chi connectivity index (χ1) is 13.9. The molecule has 10 heteroatoms. The van der Waals surface area contributed by atoms with Crippen LogP contribution in [0.3, 0.4) is 0 Å². The molecule has 0 bridgehead atoms. The van der Waals surface area contributed by atoms with Crippen molar-refractivity contribution in [1.29, 1.82) is 0 Å². The quantitative estimate of drug-likeness (QED) is 0.485. The Morgan fingerprint density at radius 1 is 1.14 bits per heavy atom. The van der Waals surface area contributed by atoms with Gasteiger partial charge in [0.2, 0.25) is 5.91 Å². The number of carbonyl (C=O) groups excluding carboxylic acids is 2. The summed E-state index contributed by atoms with van der Waals surface area (Å²) in [7, 11) is 0. The summed E-state index contributed by atoms with van der Waals surface area (Å²) in [5, 5.41) is 10.7. The first-order valence-electron chi connectivity index (χ1n) is 8.47. The maximum Gasteiger partial charge on any atom is 0.270 e. The largest absolute Gasteiger partial charge is 0.441 e. The van der Waals surface area contributed by atoms with Crippen molar-refractivity contribution in [2.45, 2.75) is 12.8 Å². The summed E-state index contributed by atoms with van der Waals surface area (Å²) in [5.41, 5.74) is 4.44. The van der Waals surface area contributed by atoms with Crippen LogP contribution in [0.2, 0.25) is 0 Å². The Labute approximate surface area is 163 Å². The number of halogens is 1. The number of nitro groups is 1. The van der Waals surface area contributed by atoms with Gasteiger partial charge in [0, 0.05) is 30.5 Å². The third-order valence-corrected chi connectivity index (χ3v) is 3.89. The monoisotopic (exact) mass is 398 g/mol. The predicted molar refractivity (Wildman–Crippen MR) is 98.9 cm³/mol. The van der Waals surface area contributed by atoms with Crippen LogP contribution in [0.15, 0.2) is 59.1 Å². The lowest BCUT2D eigenvalue weighted by atomic mass is 10.2. The van der Waals surface area contributed by atoms with Crippen LogP contribution in [0.5, 0.6) is 0 Å². The summed E-state index contributed by atoms with van der Waals surface area (Å²) in [5.74, 6) is -1.17. The number of hydrogen-bond donors (Lipinski definition) is 2. The molecular weight excluding hydrogens is 383 g/mol. The van der Waals surface area contributed by atoms with Gasteiger partial charge in [0.25, 0.3) is 11.6 Å². The van der Waals surface area contributed by atoms with E-state index in [2.05, 4.69) is 15.8 Å². The molecule has 2 aromatic carbocycles. The lowest BCUT2D eigenvalue weighted by Crippen LogP contribution is -2.41. The first-order valence-corrected chi connectivity index (χ1v) is 8.47. The van der Waals surface area contributed by atoms with Crippen molar-refractivity contribution in [1.82, 2.24) is 15.8 Å². The minimum atomic E-state index is -0.694. The Morgan fingerprint density at radius 2 is 1.93 bits per heavy atom. The van der Waals surface area contributed by atoms with Crippen LogP contribution in [-0.4, -0.2) is 21.7 Å². The second-order valence-electron chi connectivity index (χ2n) is 5.91. The lowest BCUT2D eigenvalue weighted by Gasteiger charge is -2.06. The third-order valence-electron chi connectivity index (χ3n) is 3.89. The molecule has 0 spiro atoms. The summed E-state index contributed by atoms with van der Waals surface area (Å²) < 4.78 is 19.2. The van der Waals surface area contributed by atoms with E-state index in [4.69, 9.17) is 4.42 Å². The fourth-order valence-corrected chi connectivity index (χ4v) is 2.45. The number of rotatable bonds is 6. The van der Waals surface area contributed by atoms with E-state index in [0.29, 0.717) is 0 Å². The zero-order valence-electron chi connectivity index (χ0n) is 14.9. The molecule has 0 saturated heterocycles. The van der Waals surface area contributed by atoms with E-state index in [-0.39, 0.29) is 41.3 Å². The number of carbonyl (C=O) groups is 2. The first kappa shape index (κ1) is 19.7. The molecule has 3 aromatic rings. The normalized spacial score (nSPS) is 10.4. The highest BCUT2D eigenvalue weighted by atomic mass is 19.1. The molecule has 0 atom stereocenters. The molecule has 148 valence electrons. The molecule has 3 rings (SSSR count). The SMILES string of the molecule is O=C(CCc1ncc(-c2ccccc2F)o1)NNC(=O)c1cccc([N+](=O)[O-])c1. The van der Waals surface area contributed by atoms with Crippen molar-refractivity contribution >= 4 is 17.5 Å². The van der Waals surface area contributed by atoms with Crippen molar-refractivity contribution < 1.29 is 23.3 Å². The number of nitrogens with one attached hydrogen (secondary N) is 2. The minimum Gasteiger partial charge on any atom is -0.441 e. The second kappa shape index (κ2) is 8.74. The van der Waals surface area contributed by atoms with Gasteiger partial charge in [-0.1, -0.05) is 18.2 Å². The van der Waals surface area contributed by atoms with Gasteiger partial charge in [-0.3, -0.25) is 30.6 Å². The molecular formula is C19H15FN4O5. The summed E-state index contributed by atoms with van der Waals surface area (Å²) >= 11 is 0. The number of aromatic nitrogens is 1. The Balaban J connectivity index is 1.51. The number of nitrogens with zero attached hydrogens (tertiary/aromatic N) is 2. The highest BCUT2D eigenvalue weighted by molar-refractivity contribution is 5.95. The molecule has 1 aromatic heterocycles. The summed E-state index contributed by atoms with van der Waals surface area (Å²) in [6.45, 7) is 0. The molecule has 0 saturated carbocycles. The molecule has 0 unspecified atom stereocenters. The zero-order valence-corrected chi connectivity index (χ0v) is 14.9. The van der Waals surface area contributed by atoms with E-state index in [9.17, 15) is 24.1 Å². The number of nitro benzene ring substituents is 1. The molecule has 2 amide bonds. The van der Waals surface area contributed by atoms with Gasteiger partial charge in [-0.25, -0.2) is 9.37 Å². The van der Waals surface area contributed by atoms with Crippen molar-refractivity contribution in [2.75, 3.05) is 0 Å². The van der Waals surface area contributed by atoms with E-state index >= 15 is 0 Å². The van der Waals surface area contributed by atoms with Crippen molar-refractivity contribution in [2.24, 2.45) is 0 Å². The summed E-state index contributed by atoms with van der Waals surface area (Å²) in [4.78, 5) is 38.0. The highest BCUT2D eigenvalue weighted by Gasteiger charge is 2.14. The average Bonchev–Trinajstić information content (AvgIpc) is 3.19. The number of oxazole rings is 1. The number of aryl methyl sites for hydroxylation is 1. The Kier molecular flexibility index (Phi) is 5.93. The Bertz CT molecular complexity index is 1070. The zero-order chi connectivity index (χ0) is 20.8. The van der Waals surface area contributed by atoms with Gasteiger partial charge in [-0.2, -0.15) is 0 Å². The molecule has 0 aliphatic heterocycles. The van der Waals surface area contributed by atoms with Gasteiger partial charge in [-0.05, 0) is 18.2 Å². The molecule has 0 aliphatic carbocycles. The fourth-order valence-electron chi connectivity index (χ4n) is 2.45. The average molecular weight is 398 g/mol. The van der Waals surface area contributed by atoms with Crippen LogP contribution in [0.1, 0.15) is 22.7 Å². The Morgan fingerprint density at radius 3 is 2.69 bits per heavy atom. The smallest absolute Gasteiger partial charge is 0.270 e. The number of hydrogen-bond acceptors (Lipinski definition) is 6. The fraction of sp³-hybridized carbons (Fsp3) is 0.105. The minimum absolute atomic E-state index is 0.0294. The molecule has 0 radical (unpaired) electrons. The molecule has 2 N–H and O–H groups in total. The van der Waals surface area contributed by atoms with Crippen LogP contribution in [-0.2, 0) is 11.2 Å². The van der Waals surface area contributed by atoms with Gasteiger partial charge >= 0.3 is 0 Å². The van der Waals surface area contributed by atoms with Crippen LogP contribution >= 0.6 is 0 Å². The van der Waals surface area contributed by atoms with Crippen LogP contribution in [0.25, 0.3) is 11.3 Å². The topological polar surface area (TPSA) is 127 Å². The van der Waals surface area contributed by atoms with Crippen molar-refractivity contribution in [3.05, 3.63) is 82.1 Å². The maximum absolute atomic E-state index is 13.8. The van der Waals surface area contributed by atoms with Crippen molar-refractivity contribution in [3.8, 4) is 11.3 Å². The molecule has 9 nitrogen and oxygen atoms in total. The number of non-ortho nitro benzene ring substituents is 1. The van der Waals surface area contributed by atoms with E-state index < -0.39 is 22.6 Å². The number of hydrazine groups is 1. The summed E-state index contributed by atoms with van der Waals surface area (Å²) in [6.07, 6.45) is 1.45. The van der Waals surface area contributed by atoms with E-state index in [1.807, 2.05) is 0 Å². The Hall–Kier alpha value is -4.08. The van der Waals surface area contributed by atoms with E-state index in [1.54, 1.807) is 18.2 Å². The summed E-state index contributed by atoms with van der Waals surface area (Å²) in [6, 6.07) is 11.2. The molecule has 0 fully saturated rings. The maximum atomic E-state index is 13.8. The second-order valence-corrected chi connectivity index (χ2v) is 5.91. The van der Waals surface area contributed by atoms with Gasteiger partial charge in [-0.15, -0.1) is 0 Å². The number of benzene rings is 2. The predicted octanol–water partition coefficient (Wildman–Crippen LogP) is 2.78. The van der Waals surface area contributed by atoms with E-state index in [1.165, 1.54) is 30.5 Å².